The van der Waals surface area contributed by atoms with Crippen LogP contribution in [0.2, 0.25) is 0 Å². The number of urea groups is 1. The van der Waals surface area contributed by atoms with E-state index in [4.69, 9.17) is 0 Å². The number of rotatable bonds is 6. The van der Waals surface area contributed by atoms with E-state index in [1.807, 2.05) is 52.0 Å². The first-order valence-electron chi connectivity index (χ1n) is 9.42. The number of benzene rings is 2. The molecule has 0 radical (unpaired) electrons. The summed E-state index contributed by atoms with van der Waals surface area (Å²) in [7, 11) is 0. The van der Waals surface area contributed by atoms with Gasteiger partial charge in [0.2, 0.25) is 11.8 Å². The Morgan fingerprint density at radius 3 is 2.28 bits per heavy atom. The molecule has 4 amide bonds. The van der Waals surface area contributed by atoms with Crippen molar-refractivity contribution in [1.82, 2.24) is 10.6 Å². The number of nitrogens with one attached hydrogen (secondary N) is 3. The topological polar surface area (TPSA) is 90.5 Å². The van der Waals surface area contributed by atoms with E-state index in [2.05, 4.69) is 16.0 Å². The standard InChI is InChI=1S/C22H28N4O3/c1-16-9-8-10-17(13-16)24-21(29)23-14-20(28)26(18-11-6-5-7-12-18)15-19(27)25-22(2,3)4/h5-13H,14-15H2,1-4H3,(H,25,27)(H2,23,24,29). The average Bonchev–Trinajstić information content (AvgIpc) is 2.63. The van der Waals surface area contributed by atoms with Crippen LogP contribution in [0.5, 0.6) is 0 Å². The van der Waals surface area contributed by atoms with Crippen molar-refractivity contribution in [3.63, 3.8) is 0 Å². The molecule has 29 heavy (non-hydrogen) atoms. The highest BCUT2D eigenvalue weighted by Gasteiger charge is 2.22. The number of hydrogen-bond acceptors (Lipinski definition) is 3. The highest BCUT2D eigenvalue weighted by atomic mass is 16.2. The predicted octanol–water partition coefficient (Wildman–Crippen LogP) is 3.06. The molecule has 0 heterocycles. The highest BCUT2D eigenvalue weighted by molar-refractivity contribution is 6.01. The number of amides is 4. The van der Waals surface area contributed by atoms with E-state index in [-0.39, 0.29) is 24.9 Å². The van der Waals surface area contributed by atoms with Crippen molar-refractivity contribution >= 4 is 29.2 Å². The second-order valence-electron chi connectivity index (χ2n) is 7.79. The highest BCUT2D eigenvalue weighted by Crippen LogP contribution is 2.14. The van der Waals surface area contributed by atoms with E-state index in [0.717, 1.165) is 5.56 Å². The smallest absolute Gasteiger partial charge is 0.319 e. The lowest BCUT2D eigenvalue weighted by atomic mass is 10.1. The molecule has 154 valence electrons. The molecule has 0 atom stereocenters. The van der Waals surface area contributed by atoms with Crippen molar-refractivity contribution in [3.8, 4) is 0 Å². The number of anilines is 2. The molecule has 0 saturated heterocycles. The van der Waals surface area contributed by atoms with Gasteiger partial charge in [-0.15, -0.1) is 0 Å². The molecule has 0 unspecified atom stereocenters. The lowest BCUT2D eigenvalue weighted by Gasteiger charge is -2.26. The summed E-state index contributed by atoms with van der Waals surface area (Å²) in [5.41, 5.74) is 1.83. The molecule has 0 spiro atoms. The second kappa shape index (κ2) is 9.73. The van der Waals surface area contributed by atoms with E-state index < -0.39 is 11.6 Å². The monoisotopic (exact) mass is 396 g/mol. The maximum atomic E-state index is 12.8. The molecule has 0 fully saturated rings. The van der Waals surface area contributed by atoms with E-state index in [1.165, 1.54) is 4.90 Å². The van der Waals surface area contributed by atoms with Crippen LogP contribution in [0.3, 0.4) is 0 Å². The number of hydrogen-bond donors (Lipinski definition) is 3. The Kier molecular flexibility index (Phi) is 7.36. The lowest BCUT2D eigenvalue weighted by molar-refractivity contribution is -0.124. The summed E-state index contributed by atoms with van der Waals surface area (Å²) >= 11 is 0. The zero-order valence-electron chi connectivity index (χ0n) is 17.3. The maximum absolute atomic E-state index is 12.8. The quantitative estimate of drug-likeness (QED) is 0.701. The third-order valence-electron chi connectivity index (χ3n) is 3.86. The van der Waals surface area contributed by atoms with Gasteiger partial charge in [0.05, 0.1) is 6.54 Å². The van der Waals surface area contributed by atoms with E-state index in [1.54, 1.807) is 30.3 Å². The second-order valence-corrected chi connectivity index (χ2v) is 7.79. The van der Waals surface area contributed by atoms with Crippen LogP contribution in [0.15, 0.2) is 54.6 Å². The first-order chi connectivity index (χ1) is 13.6. The molecule has 0 aromatic heterocycles. The molecule has 0 aliphatic heterocycles. The Balaban J connectivity index is 2.01. The molecule has 2 rings (SSSR count). The van der Waals surface area contributed by atoms with Crippen LogP contribution in [0, 0.1) is 6.92 Å². The SMILES string of the molecule is Cc1cccc(NC(=O)NCC(=O)N(CC(=O)NC(C)(C)C)c2ccccc2)c1. The summed E-state index contributed by atoms with van der Waals surface area (Å²) < 4.78 is 0. The van der Waals surface area contributed by atoms with Gasteiger partial charge >= 0.3 is 6.03 Å². The van der Waals surface area contributed by atoms with E-state index in [9.17, 15) is 14.4 Å². The number of aryl methyl sites for hydroxylation is 1. The van der Waals surface area contributed by atoms with Crippen LogP contribution in [-0.2, 0) is 9.59 Å². The van der Waals surface area contributed by atoms with Crippen molar-refractivity contribution in [2.24, 2.45) is 0 Å². The fourth-order valence-electron chi connectivity index (χ4n) is 2.68. The molecule has 0 saturated carbocycles. The largest absolute Gasteiger partial charge is 0.350 e. The maximum Gasteiger partial charge on any atom is 0.319 e. The van der Waals surface area contributed by atoms with Crippen molar-refractivity contribution in [2.45, 2.75) is 33.2 Å². The summed E-state index contributed by atoms with van der Waals surface area (Å²) in [6, 6.07) is 15.8. The van der Waals surface area contributed by atoms with Crippen LogP contribution < -0.4 is 20.9 Å². The fraction of sp³-hybridized carbons (Fsp3) is 0.318. The van der Waals surface area contributed by atoms with Gasteiger partial charge in [-0.1, -0.05) is 30.3 Å². The zero-order valence-corrected chi connectivity index (χ0v) is 17.3. The molecule has 3 N–H and O–H groups in total. The molecule has 7 heteroatoms. The van der Waals surface area contributed by atoms with Crippen molar-refractivity contribution in [1.29, 1.82) is 0 Å². The van der Waals surface area contributed by atoms with Gasteiger partial charge in [-0.25, -0.2) is 4.79 Å². The van der Waals surface area contributed by atoms with Crippen LogP contribution in [-0.4, -0.2) is 36.5 Å². The van der Waals surface area contributed by atoms with E-state index in [0.29, 0.717) is 11.4 Å². The van der Waals surface area contributed by atoms with Gasteiger partial charge in [-0.05, 0) is 57.5 Å². The Hall–Kier alpha value is -3.35. The molecule has 0 aliphatic rings. The van der Waals surface area contributed by atoms with Crippen LogP contribution in [0.4, 0.5) is 16.2 Å². The minimum Gasteiger partial charge on any atom is -0.350 e. The summed E-state index contributed by atoms with van der Waals surface area (Å²) in [5.74, 6) is -0.668. The van der Waals surface area contributed by atoms with E-state index >= 15 is 0 Å². The first kappa shape index (κ1) is 21.9. The van der Waals surface area contributed by atoms with Crippen molar-refractivity contribution < 1.29 is 14.4 Å². The molecular formula is C22H28N4O3. The number of nitrogens with zero attached hydrogens (tertiary/aromatic N) is 1. The lowest BCUT2D eigenvalue weighted by Crippen LogP contribution is -2.49. The van der Waals surface area contributed by atoms with Gasteiger partial charge in [-0.3, -0.25) is 9.59 Å². The predicted molar refractivity (Wildman–Crippen MR) is 115 cm³/mol. The molecule has 0 bridgehead atoms. The summed E-state index contributed by atoms with van der Waals surface area (Å²) in [4.78, 5) is 38.6. The van der Waals surface area contributed by atoms with Crippen molar-refractivity contribution in [2.75, 3.05) is 23.3 Å². The third-order valence-corrected chi connectivity index (χ3v) is 3.86. The Labute approximate surface area is 171 Å². The average molecular weight is 396 g/mol. The van der Waals surface area contributed by atoms with Crippen LogP contribution in [0.1, 0.15) is 26.3 Å². The summed E-state index contributed by atoms with van der Waals surface area (Å²) in [6.45, 7) is 7.16. The van der Waals surface area contributed by atoms with Gasteiger partial charge in [0.25, 0.3) is 0 Å². The van der Waals surface area contributed by atoms with Crippen LogP contribution >= 0.6 is 0 Å². The van der Waals surface area contributed by atoms with Gasteiger partial charge in [-0.2, -0.15) is 0 Å². The zero-order chi connectivity index (χ0) is 21.4. The Morgan fingerprint density at radius 2 is 1.66 bits per heavy atom. The van der Waals surface area contributed by atoms with Gasteiger partial charge in [0.15, 0.2) is 0 Å². The molecule has 2 aromatic carbocycles. The molecule has 0 aliphatic carbocycles. The number of carbonyl (C=O) groups excluding carboxylic acids is 3. The summed E-state index contributed by atoms with van der Waals surface area (Å²) in [5, 5.41) is 8.08. The van der Waals surface area contributed by atoms with Crippen molar-refractivity contribution in [3.05, 3.63) is 60.2 Å². The minimum absolute atomic E-state index is 0.138. The minimum atomic E-state index is -0.490. The fourth-order valence-corrected chi connectivity index (χ4v) is 2.68. The van der Waals surface area contributed by atoms with Gasteiger partial charge in [0.1, 0.15) is 6.54 Å². The first-order valence-corrected chi connectivity index (χ1v) is 9.42. The third kappa shape index (κ3) is 7.65. The summed E-state index contributed by atoms with van der Waals surface area (Å²) in [6.07, 6.45) is 0. The normalized spacial score (nSPS) is 10.8. The Morgan fingerprint density at radius 1 is 0.966 bits per heavy atom. The van der Waals surface area contributed by atoms with Gasteiger partial charge in [0, 0.05) is 16.9 Å². The molecular weight excluding hydrogens is 368 g/mol. The molecule has 2 aromatic rings. The van der Waals surface area contributed by atoms with Gasteiger partial charge < -0.3 is 20.9 Å². The number of carbonyl (C=O) groups is 3. The molecule has 7 nitrogen and oxygen atoms in total. The van der Waals surface area contributed by atoms with Crippen LogP contribution in [0.25, 0.3) is 0 Å². The Bertz CT molecular complexity index is 860. The number of para-hydroxylation sites is 1.